The Hall–Kier alpha value is -2.37. The van der Waals surface area contributed by atoms with E-state index in [0.717, 1.165) is 25.0 Å². The van der Waals surface area contributed by atoms with E-state index >= 15 is 0 Å². The molecule has 0 aliphatic rings. The minimum atomic E-state index is -4.38. The third-order valence-corrected chi connectivity index (χ3v) is 3.46. The number of aromatic nitrogens is 1. The van der Waals surface area contributed by atoms with Crippen LogP contribution in [0.15, 0.2) is 36.4 Å². The number of primary amides is 1. The Bertz CT molecular complexity index is 694. The maximum Gasteiger partial charge on any atom is 0.416 e. The largest absolute Gasteiger partial charge is 0.416 e. The number of amides is 1. The second-order valence-corrected chi connectivity index (χ2v) is 5.28. The van der Waals surface area contributed by atoms with Crippen molar-refractivity contribution in [2.45, 2.75) is 32.4 Å². The number of carbonyl (C=O) groups is 1. The second kappa shape index (κ2) is 6.81. The lowest BCUT2D eigenvalue weighted by Crippen LogP contribution is -2.12. The van der Waals surface area contributed by atoms with Gasteiger partial charge in [-0.25, -0.2) is 0 Å². The number of nitrogens with two attached hydrogens (primary N) is 1. The van der Waals surface area contributed by atoms with Gasteiger partial charge in [0.15, 0.2) is 0 Å². The number of hydrogen-bond donors (Lipinski definition) is 1. The van der Waals surface area contributed by atoms with E-state index in [1.54, 1.807) is 6.07 Å². The number of alkyl halides is 3. The first-order valence-corrected chi connectivity index (χ1v) is 7.29. The summed E-state index contributed by atoms with van der Waals surface area (Å²) in [6.45, 7) is 2.04. The molecule has 23 heavy (non-hydrogen) atoms. The molecule has 2 N–H and O–H groups in total. The van der Waals surface area contributed by atoms with Crippen molar-refractivity contribution in [2.24, 2.45) is 5.73 Å². The molecule has 0 aliphatic heterocycles. The van der Waals surface area contributed by atoms with Crippen molar-refractivity contribution in [2.75, 3.05) is 0 Å². The Morgan fingerprint density at radius 3 is 2.35 bits per heavy atom. The van der Waals surface area contributed by atoms with Crippen molar-refractivity contribution in [3.63, 3.8) is 0 Å². The molecule has 0 aliphatic carbocycles. The first-order valence-electron chi connectivity index (χ1n) is 7.29. The summed E-state index contributed by atoms with van der Waals surface area (Å²) in [6, 6.07) is 7.82. The van der Waals surface area contributed by atoms with Gasteiger partial charge in [-0.1, -0.05) is 25.5 Å². The zero-order valence-corrected chi connectivity index (χ0v) is 12.7. The molecule has 0 saturated heterocycles. The average molecular weight is 322 g/mol. The van der Waals surface area contributed by atoms with E-state index < -0.39 is 17.6 Å². The fourth-order valence-electron chi connectivity index (χ4n) is 2.19. The van der Waals surface area contributed by atoms with Crippen molar-refractivity contribution in [3.8, 4) is 11.3 Å². The minimum Gasteiger partial charge on any atom is -0.366 e. The van der Waals surface area contributed by atoms with Crippen LogP contribution in [-0.2, 0) is 12.6 Å². The summed E-state index contributed by atoms with van der Waals surface area (Å²) in [7, 11) is 0. The highest BCUT2D eigenvalue weighted by Gasteiger charge is 2.30. The number of nitrogens with zero attached hydrogens (tertiary/aromatic N) is 1. The fraction of sp³-hybridized carbons (Fsp3) is 0.294. The monoisotopic (exact) mass is 322 g/mol. The summed E-state index contributed by atoms with van der Waals surface area (Å²) in [4.78, 5) is 15.9. The Balaban J connectivity index is 2.41. The molecule has 1 aromatic heterocycles. The van der Waals surface area contributed by atoms with E-state index in [9.17, 15) is 18.0 Å². The molecule has 6 heteroatoms. The highest BCUT2D eigenvalue weighted by Crippen LogP contribution is 2.30. The molecule has 0 fully saturated rings. The van der Waals surface area contributed by atoms with Crippen molar-refractivity contribution in [1.82, 2.24) is 4.98 Å². The average Bonchev–Trinajstić information content (AvgIpc) is 2.52. The smallest absolute Gasteiger partial charge is 0.366 e. The van der Waals surface area contributed by atoms with Gasteiger partial charge < -0.3 is 5.73 Å². The molecule has 0 bridgehead atoms. The first-order chi connectivity index (χ1) is 10.8. The molecule has 1 aromatic carbocycles. The Morgan fingerprint density at radius 1 is 1.17 bits per heavy atom. The summed E-state index contributed by atoms with van der Waals surface area (Å²) in [5.41, 5.74) is 6.57. The number of halogens is 3. The third kappa shape index (κ3) is 4.31. The van der Waals surface area contributed by atoms with Crippen LogP contribution in [0.2, 0.25) is 0 Å². The summed E-state index contributed by atoms with van der Waals surface area (Å²) in [6.07, 6.45) is -1.82. The number of carbonyl (C=O) groups excluding carboxylic acids is 1. The zero-order valence-electron chi connectivity index (χ0n) is 12.7. The van der Waals surface area contributed by atoms with E-state index in [2.05, 4.69) is 4.98 Å². The Labute approximate surface area is 132 Å². The van der Waals surface area contributed by atoms with Crippen LogP contribution in [0, 0.1) is 0 Å². The number of hydrogen-bond acceptors (Lipinski definition) is 2. The van der Waals surface area contributed by atoms with Crippen LogP contribution in [0.1, 0.15) is 41.4 Å². The molecule has 2 rings (SSSR count). The maximum absolute atomic E-state index is 12.6. The van der Waals surface area contributed by atoms with E-state index in [1.807, 2.05) is 6.92 Å². The molecule has 2 aromatic rings. The number of unbranched alkanes of at least 4 members (excludes halogenated alkanes) is 1. The van der Waals surface area contributed by atoms with Gasteiger partial charge in [-0.2, -0.15) is 13.2 Å². The molecule has 0 spiro atoms. The Morgan fingerprint density at radius 2 is 1.83 bits per heavy atom. The van der Waals surface area contributed by atoms with E-state index in [1.165, 1.54) is 18.2 Å². The molecular weight excluding hydrogens is 305 g/mol. The van der Waals surface area contributed by atoms with Crippen LogP contribution in [0.4, 0.5) is 13.2 Å². The van der Waals surface area contributed by atoms with Crippen molar-refractivity contribution < 1.29 is 18.0 Å². The molecular formula is C17H17F3N2O. The van der Waals surface area contributed by atoms with E-state index in [-0.39, 0.29) is 0 Å². The maximum atomic E-state index is 12.6. The molecule has 122 valence electrons. The van der Waals surface area contributed by atoms with Crippen LogP contribution in [0.5, 0.6) is 0 Å². The number of benzene rings is 1. The van der Waals surface area contributed by atoms with Crippen LogP contribution >= 0.6 is 0 Å². The second-order valence-electron chi connectivity index (χ2n) is 5.28. The number of rotatable bonds is 5. The van der Waals surface area contributed by atoms with Gasteiger partial charge in [-0.15, -0.1) is 0 Å². The van der Waals surface area contributed by atoms with Crippen LogP contribution in [0.25, 0.3) is 11.3 Å². The van der Waals surface area contributed by atoms with Crippen molar-refractivity contribution in [1.29, 1.82) is 0 Å². The van der Waals surface area contributed by atoms with Gasteiger partial charge in [-0.05, 0) is 37.1 Å². The summed E-state index contributed by atoms with van der Waals surface area (Å²) < 4.78 is 37.9. The lowest BCUT2D eigenvalue weighted by Gasteiger charge is -2.10. The highest BCUT2D eigenvalue weighted by molar-refractivity contribution is 5.93. The Kier molecular flexibility index (Phi) is 5.03. The van der Waals surface area contributed by atoms with Crippen molar-refractivity contribution >= 4 is 5.91 Å². The van der Waals surface area contributed by atoms with Gasteiger partial charge in [0, 0.05) is 16.8 Å². The van der Waals surface area contributed by atoms with Gasteiger partial charge in [0.1, 0.15) is 0 Å². The summed E-state index contributed by atoms with van der Waals surface area (Å²) in [5.74, 6) is -0.585. The van der Waals surface area contributed by atoms with Crippen LogP contribution in [-0.4, -0.2) is 10.9 Å². The highest BCUT2D eigenvalue weighted by atomic mass is 19.4. The van der Waals surface area contributed by atoms with Crippen LogP contribution < -0.4 is 5.73 Å². The third-order valence-electron chi connectivity index (χ3n) is 3.46. The van der Waals surface area contributed by atoms with E-state index in [4.69, 9.17) is 5.73 Å². The normalized spacial score (nSPS) is 11.5. The molecule has 0 atom stereocenters. The lowest BCUT2D eigenvalue weighted by molar-refractivity contribution is -0.137. The molecule has 1 heterocycles. The summed E-state index contributed by atoms with van der Waals surface area (Å²) in [5, 5.41) is 0. The molecule has 0 saturated carbocycles. The topological polar surface area (TPSA) is 56.0 Å². The van der Waals surface area contributed by atoms with Gasteiger partial charge in [0.2, 0.25) is 5.91 Å². The van der Waals surface area contributed by atoms with Crippen LogP contribution in [0.3, 0.4) is 0 Å². The molecule has 3 nitrogen and oxygen atoms in total. The van der Waals surface area contributed by atoms with Gasteiger partial charge in [0.25, 0.3) is 0 Å². The first kappa shape index (κ1) is 17.0. The summed E-state index contributed by atoms with van der Waals surface area (Å²) >= 11 is 0. The van der Waals surface area contributed by atoms with Gasteiger partial charge >= 0.3 is 6.18 Å². The quantitative estimate of drug-likeness (QED) is 0.896. The SMILES string of the molecule is CCCCc1cc(C(N)=O)cc(-c2ccc(C(F)(F)F)cc2)n1. The predicted octanol–water partition coefficient (Wildman–Crippen LogP) is 4.21. The van der Waals surface area contributed by atoms with Gasteiger partial charge in [-0.3, -0.25) is 9.78 Å². The number of aryl methyl sites for hydroxylation is 1. The predicted molar refractivity (Wildman–Crippen MR) is 81.8 cm³/mol. The van der Waals surface area contributed by atoms with Gasteiger partial charge in [0.05, 0.1) is 11.3 Å². The lowest BCUT2D eigenvalue weighted by atomic mass is 10.0. The number of pyridine rings is 1. The minimum absolute atomic E-state index is 0.306. The zero-order chi connectivity index (χ0) is 17.0. The fourth-order valence-corrected chi connectivity index (χ4v) is 2.19. The molecule has 1 amide bonds. The molecule has 0 unspecified atom stereocenters. The molecule has 0 radical (unpaired) electrons. The van der Waals surface area contributed by atoms with E-state index in [0.29, 0.717) is 28.9 Å². The van der Waals surface area contributed by atoms with Crippen molar-refractivity contribution in [3.05, 3.63) is 53.2 Å². The standard InChI is InChI=1S/C17H17F3N2O/c1-2-3-4-14-9-12(16(21)23)10-15(22-14)11-5-7-13(8-6-11)17(18,19)20/h5-10H,2-4H2,1H3,(H2,21,23).